The highest BCUT2D eigenvalue weighted by molar-refractivity contribution is 5.94. The predicted molar refractivity (Wildman–Crippen MR) is 115 cm³/mol. The first-order valence-electron chi connectivity index (χ1n) is 10.7. The molecule has 0 aromatic heterocycles. The van der Waals surface area contributed by atoms with E-state index in [-0.39, 0.29) is 17.8 Å². The zero-order chi connectivity index (χ0) is 23.6. The minimum atomic E-state index is -1.17. The van der Waals surface area contributed by atoms with Crippen LogP contribution in [0.5, 0.6) is 0 Å². The van der Waals surface area contributed by atoms with Gasteiger partial charge in [0.15, 0.2) is 0 Å². The number of carboxylic acid groups (broad SMARTS) is 1. The minimum Gasteiger partial charge on any atom is -0.480 e. The largest absolute Gasteiger partial charge is 0.480 e. The van der Waals surface area contributed by atoms with Gasteiger partial charge in [-0.1, -0.05) is 48.0 Å². The van der Waals surface area contributed by atoms with Gasteiger partial charge in [0, 0.05) is 0 Å². The number of carboxylic acids is 1. The van der Waals surface area contributed by atoms with Crippen molar-refractivity contribution in [2.24, 2.45) is 23.5 Å². The average Bonchev–Trinajstić information content (AvgIpc) is 2.63. The molecule has 0 saturated heterocycles. The number of carbonyl (C=O) groups is 4. The molecule has 0 aromatic carbocycles. The number of aliphatic carboxylic acids is 1. The van der Waals surface area contributed by atoms with E-state index in [1.807, 2.05) is 34.6 Å². The van der Waals surface area contributed by atoms with E-state index < -0.39 is 47.9 Å². The lowest BCUT2D eigenvalue weighted by Crippen LogP contribution is -2.58. The van der Waals surface area contributed by atoms with E-state index in [0.717, 1.165) is 0 Å². The smallest absolute Gasteiger partial charge is 0.325 e. The van der Waals surface area contributed by atoms with E-state index in [0.29, 0.717) is 19.3 Å². The van der Waals surface area contributed by atoms with Crippen LogP contribution in [0.4, 0.5) is 0 Å². The number of rotatable bonds is 13. The maximum Gasteiger partial charge on any atom is 0.325 e. The zero-order valence-electron chi connectivity index (χ0n) is 19.3. The van der Waals surface area contributed by atoms with Crippen molar-refractivity contribution in [1.29, 1.82) is 0 Å². The van der Waals surface area contributed by atoms with E-state index in [9.17, 15) is 19.2 Å². The molecular formula is C21H40N4O5. The molecule has 0 radical (unpaired) electrons. The number of amides is 3. The van der Waals surface area contributed by atoms with Crippen molar-refractivity contribution < 1.29 is 24.3 Å². The molecule has 0 aliphatic heterocycles. The summed E-state index contributed by atoms with van der Waals surface area (Å²) in [5, 5.41) is 16.8. The summed E-state index contributed by atoms with van der Waals surface area (Å²) in [4.78, 5) is 49.0. The summed E-state index contributed by atoms with van der Waals surface area (Å²) in [6, 6.07) is -3.56. The number of nitrogens with one attached hydrogen (secondary N) is 3. The second-order valence-electron chi connectivity index (χ2n) is 8.87. The van der Waals surface area contributed by atoms with Gasteiger partial charge in [-0.25, -0.2) is 0 Å². The molecule has 174 valence electrons. The molecule has 30 heavy (non-hydrogen) atoms. The van der Waals surface area contributed by atoms with Gasteiger partial charge in [0.2, 0.25) is 17.7 Å². The third-order valence-corrected chi connectivity index (χ3v) is 4.92. The van der Waals surface area contributed by atoms with Gasteiger partial charge in [-0.2, -0.15) is 0 Å². The first-order valence-corrected chi connectivity index (χ1v) is 10.7. The molecule has 0 aliphatic rings. The van der Waals surface area contributed by atoms with Crippen LogP contribution in [0.15, 0.2) is 0 Å². The molecule has 9 heteroatoms. The summed E-state index contributed by atoms with van der Waals surface area (Å²) >= 11 is 0. The molecular weight excluding hydrogens is 388 g/mol. The molecule has 9 nitrogen and oxygen atoms in total. The molecule has 0 aliphatic carbocycles. The monoisotopic (exact) mass is 428 g/mol. The van der Waals surface area contributed by atoms with Crippen LogP contribution in [0.2, 0.25) is 0 Å². The quantitative estimate of drug-likeness (QED) is 0.295. The van der Waals surface area contributed by atoms with Gasteiger partial charge in [-0.05, 0) is 37.5 Å². The molecule has 0 rings (SSSR count). The number of hydrogen-bond acceptors (Lipinski definition) is 5. The van der Waals surface area contributed by atoms with Crippen LogP contribution in [-0.2, 0) is 19.2 Å². The molecule has 0 saturated carbocycles. The van der Waals surface area contributed by atoms with Crippen molar-refractivity contribution >= 4 is 23.7 Å². The Bertz CT molecular complexity index is 594. The molecule has 5 atom stereocenters. The van der Waals surface area contributed by atoms with E-state index in [2.05, 4.69) is 16.0 Å². The topological polar surface area (TPSA) is 151 Å². The lowest BCUT2D eigenvalue weighted by molar-refractivity contribution is -0.142. The van der Waals surface area contributed by atoms with Crippen LogP contribution in [-0.4, -0.2) is 53.0 Å². The highest BCUT2D eigenvalue weighted by Crippen LogP contribution is 2.12. The molecule has 6 N–H and O–H groups in total. The molecule has 3 amide bonds. The van der Waals surface area contributed by atoms with Gasteiger partial charge in [0.25, 0.3) is 0 Å². The number of nitrogens with two attached hydrogens (primary N) is 1. The fraction of sp³-hybridized carbons (Fsp3) is 0.810. The predicted octanol–water partition coefficient (Wildman–Crippen LogP) is 1.01. The Morgan fingerprint density at radius 3 is 1.77 bits per heavy atom. The lowest BCUT2D eigenvalue weighted by Gasteiger charge is -2.28. The lowest BCUT2D eigenvalue weighted by atomic mass is 9.96. The van der Waals surface area contributed by atoms with Crippen LogP contribution in [0.3, 0.4) is 0 Å². The van der Waals surface area contributed by atoms with Crippen LogP contribution in [0.1, 0.15) is 67.7 Å². The van der Waals surface area contributed by atoms with Crippen molar-refractivity contribution in [3.8, 4) is 0 Å². The molecule has 0 spiro atoms. The maximum atomic E-state index is 13.0. The van der Waals surface area contributed by atoms with Gasteiger partial charge in [0.05, 0.1) is 6.04 Å². The number of hydrogen-bond donors (Lipinski definition) is 5. The average molecular weight is 429 g/mol. The van der Waals surface area contributed by atoms with Gasteiger partial charge in [-0.15, -0.1) is 0 Å². The fourth-order valence-corrected chi connectivity index (χ4v) is 2.92. The van der Waals surface area contributed by atoms with Crippen molar-refractivity contribution in [2.75, 3.05) is 0 Å². The SMILES string of the molecule is CCC(C)C(NC(=O)C(CC(C)C)NC(=O)C(N)CC(C)C)C(=O)NC(C)C(=O)O. The van der Waals surface area contributed by atoms with Crippen molar-refractivity contribution in [3.63, 3.8) is 0 Å². The highest BCUT2D eigenvalue weighted by Gasteiger charge is 2.32. The Kier molecular flexibility index (Phi) is 12.3. The Labute approximate surface area is 179 Å². The Morgan fingerprint density at radius 2 is 1.33 bits per heavy atom. The van der Waals surface area contributed by atoms with Crippen LogP contribution >= 0.6 is 0 Å². The first-order chi connectivity index (χ1) is 13.8. The second kappa shape index (κ2) is 13.2. The first kappa shape index (κ1) is 27.8. The molecule has 0 bridgehead atoms. The van der Waals surface area contributed by atoms with Crippen molar-refractivity contribution in [2.45, 2.75) is 91.9 Å². The van der Waals surface area contributed by atoms with Crippen molar-refractivity contribution in [1.82, 2.24) is 16.0 Å². The molecule has 0 aromatic rings. The molecule has 0 fully saturated rings. The summed E-state index contributed by atoms with van der Waals surface area (Å²) in [6.45, 7) is 12.8. The second-order valence-corrected chi connectivity index (χ2v) is 8.87. The van der Waals surface area contributed by atoms with Gasteiger partial charge in [-0.3, -0.25) is 19.2 Å². The standard InChI is InChI=1S/C21H40N4O5/c1-8-13(6)17(20(28)23-14(7)21(29)30)25-19(27)16(10-12(4)5)24-18(26)15(22)9-11(2)3/h11-17H,8-10,22H2,1-7H3,(H,23,28)(H,24,26)(H,25,27)(H,29,30). The van der Waals surface area contributed by atoms with Gasteiger partial charge in [0.1, 0.15) is 18.1 Å². The Hall–Kier alpha value is -2.16. The number of carbonyl (C=O) groups excluding carboxylic acids is 3. The summed E-state index contributed by atoms with van der Waals surface area (Å²) in [6.07, 6.45) is 1.47. The van der Waals surface area contributed by atoms with Crippen molar-refractivity contribution in [3.05, 3.63) is 0 Å². The summed E-state index contributed by atoms with van der Waals surface area (Å²) in [5.41, 5.74) is 5.94. The highest BCUT2D eigenvalue weighted by atomic mass is 16.4. The van der Waals surface area contributed by atoms with E-state index in [4.69, 9.17) is 10.8 Å². The molecule has 5 unspecified atom stereocenters. The third-order valence-electron chi connectivity index (χ3n) is 4.92. The van der Waals surface area contributed by atoms with Crippen LogP contribution in [0, 0.1) is 17.8 Å². The van der Waals surface area contributed by atoms with Crippen LogP contribution in [0.25, 0.3) is 0 Å². The Morgan fingerprint density at radius 1 is 0.800 bits per heavy atom. The third kappa shape index (κ3) is 10.0. The zero-order valence-corrected chi connectivity index (χ0v) is 19.3. The van der Waals surface area contributed by atoms with Gasteiger partial charge < -0.3 is 26.8 Å². The summed E-state index contributed by atoms with van der Waals surface area (Å²) < 4.78 is 0. The van der Waals surface area contributed by atoms with Crippen LogP contribution < -0.4 is 21.7 Å². The van der Waals surface area contributed by atoms with E-state index >= 15 is 0 Å². The van der Waals surface area contributed by atoms with E-state index in [1.54, 1.807) is 6.92 Å². The summed E-state index contributed by atoms with van der Waals surface area (Å²) in [5.74, 6) is -2.51. The fourth-order valence-electron chi connectivity index (χ4n) is 2.92. The van der Waals surface area contributed by atoms with E-state index in [1.165, 1.54) is 6.92 Å². The minimum absolute atomic E-state index is 0.116. The summed E-state index contributed by atoms with van der Waals surface area (Å²) in [7, 11) is 0. The normalized spacial score (nSPS) is 16.3. The molecule has 0 heterocycles. The Balaban J connectivity index is 5.39. The van der Waals surface area contributed by atoms with Gasteiger partial charge >= 0.3 is 5.97 Å². The maximum absolute atomic E-state index is 13.0.